The first-order valence-corrected chi connectivity index (χ1v) is 9.52. The van der Waals surface area contributed by atoms with E-state index in [0.29, 0.717) is 28.6 Å². The van der Waals surface area contributed by atoms with Crippen LogP contribution < -0.4 is 20.5 Å². The van der Waals surface area contributed by atoms with Gasteiger partial charge in [0.15, 0.2) is 16.6 Å². The lowest BCUT2D eigenvalue weighted by molar-refractivity contribution is 0.101. The Labute approximate surface area is 166 Å². The molecule has 28 heavy (non-hydrogen) atoms. The number of carbonyl (C=O) groups excluding carboxylic acids is 1. The molecule has 0 spiro atoms. The van der Waals surface area contributed by atoms with Crippen molar-refractivity contribution in [3.05, 3.63) is 47.5 Å². The highest BCUT2D eigenvalue weighted by Gasteiger charge is 2.32. The summed E-state index contributed by atoms with van der Waals surface area (Å²) in [6.07, 6.45) is 2.06. The Morgan fingerprint density at radius 1 is 1.32 bits per heavy atom. The molecule has 1 aromatic heterocycles. The third kappa shape index (κ3) is 4.04. The molecule has 148 valence electrons. The fraction of sp³-hybridized carbons (Fsp3) is 0.316. The van der Waals surface area contributed by atoms with Crippen molar-refractivity contribution in [2.45, 2.75) is 18.9 Å². The minimum Gasteiger partial charge on any atom is -0.495 e. The summed E-state index contributed by atoms with van der Waals surface area (Å²) >= 11 is 1.44. The first kappa shape index (κ1) is 19.9. The lowest BCUT2D eigenvalue weighted by atomic mass is 9.89. The van der Waals surface area contributed by atoms with Crippen molar-refractivity contribution in [3.63, 3.8) is 0 Å². The van der Waals surface area contributed by atoms with Gasteiger partial charge >= 0.3 is 0 Å². The van der Waals surface area contributed by atoms with Crippen LogP contribution in [0.1, 0.15) is 29.4 Å². The number of aliphatic imine (C=N–C) groups is 1. The number of methoxy groups -OCH3 is 2. The summed E-state index contributed by atoms with van der Waals surface area (Å²) in [7, 11) is 2.93. The Morgan fingerprint density at radius 2 is 2.11 bits per heavy atom. The van der Waals surface area contributed by atoms with Crippen LogP contribution in [0.2, 0.25) is 0 Å². The van der Waals surface area contributed by atoms with Gasteiger partial charge in [0, 0.05) is 23.1 Å². The number of amidine groups is 1. The van der Waals surface area contributed by atoms with Gasteiger partial charge < -0.3 is 20.5 Å². The third-order valence-electron chi connectivity index (χ3n) is 4.50. The van der Waals surface area contributed by atoms with Crippen molar-refractivity contribution < 1.29 is 18.7 Å². The predicted octanol–water partition coefficient (Wildman–Crippen LogP) is 3.16. The highest BCUT2D eigenvalue weighted by atomic mass is 32.2. The molecule has 1 unspecified atom stereocenters. The molecule has 0 saturated heterocycles. The normalized spacial score (nSPS) is 18.9. The molecule has 9 heteroatoms. The number of hydrogen-bond acceptors (Lipinski definition) is 7. The Hall–Kier alpha value is -2.81. The number of nitrogens with one attached hydrogen (secondary N) is 1. The molecule has 0 bridgehead atoms. The highest BCUT2D eigenvalue weighted by Crippen LogP contribution is 2.37. The number of pyridine rings is 1. The third-order valence-corrected chi connectivity index (χ3v) is 5.29. The summed E-state index contributed by atoms with van der Waals surface area (Å²) in [5, 5.41) is 3.16. The molecule has 2 aromatic rings. The van der Waals surface area contributed by atoms with E-state index in [-0.39, 0.29) is 11.4 Å². The van der Waals surface area contributed by atoms with Crippen molar-refractivity contribution in [1.29, 1.82) is 0 Å². The summed E-state index contributed by atoms with van der Waals surface area (Å²) in [6.45, 7) is 1.83. The maximum atomic E-state index is 14.5. The van der Waals surface area contributed by atoms with E-state index >= 15 is 0 Å². The SMILES string of the molecule is COc1cnc(C(=O)Nc2ccc(F)c(C3(C)CCSC(N)=N3)c2)c(OC)c1. The van der Waals surface area contributed by atoms with Crippen LogP contribution in [0.25, 0.3) is 0 Å². The fourth-order valence-corrected chi connectivity index (χ4v) is 3.93. The van der Waals surface area contributed by atoms with Crippen molar-refractivity contribution >= 4 is 28.5 Å². The zero-order chi connectivity index (χ0) is 20.3. The smallest absolute Gasteiger partial charge is 0.278 e. The number of thioether (sulfide) groups is 1. The Kier molecular flexibility index (Phi) is 5.73. The van der Waals surface area contributed by atoms with E-state index < -0.39 is 17.3 Å². The summed E-state index contributed by atoms with van der Waals surface area (Å²) < 4.78 is 24.8. The fourth-order valence-electron chi connectivity index (χ4n) is 2.95. The number of halogens is 1. The molecule has 2 heterocycles. The molecular formula is C19H21FN4O3S. The number of nitrogens with zero attached hydrogens (tertiary/aromatic N) is 2. The first-order valence-electron chi connectivity index (χ1n) is 8.54. The molecule has 3 N–H and O–H groups in total. The zero-order valence-corrected chi connectivity index (χ0v) is 16.6. The second kappa shape index (κ2) is 8.05. The second-order valence-corrected chi connectivity index (χ2v) is 7.51. The van der Waals surface area contributed by atoms with Crippen LogP contribution >= 0.6 is 11.8 Å². The van der Waals surface area contributed by atoms with E-state index in [1.807, 2.05) is 6.92 Å². The number of anilines is 1. The van der Waals surface area contributed by atoms with Crippen LogP contribution in [0, 0.1) is 5.82 Å². The molecule has 1 aliphatic rings. The number of nitrogens with two attached hydrogens (primary N) is 1. The summed E-state index contributed by atoms with van der Waals surface area (Å²) in [5.74, 6) is 0.604. The van der Waals surface area contributed by atoms with E-state index in [9.17, 15) is 9.18 Å². The summed E-state index contributed by atoms with van der Waals surface area (Å²) in [5.41, 5.74) is 5.95. The average Bonchev–Trinajstić information content (AvgIpc) is 2.68. The molecule has 7 nitrogen and oxygen atoms in total. The van der Waals surface area contributed by atoms with Gasteiger partial charge in [0.05, 0.1) is 26.0 Å². The molecule has 0 radical (unpaired) electrons. The van der Waals surface area contributed by atoms with Crippen LogP contribution in [-0.4, -0.2) is 36.0 Å². The van der Waals surface area contributed by atoms with E-state index in [2.05, 4.69) is 15.3 Å². The van der Waals surface area contributed by atoms with Crippen molar-refractivity contribution in [2.75, 3.05) is 25.3 Å². The van der Waals surface area contributed by atoms with Gasteiger partial charge in [-0.05, 0) is 31.5 Å². The van der Waals surface area contributed by atoms with Gasteiger partial charge in [-0.3, -0.25) is 9.79 Å². The number of rotatable bonds is 5. The average molecular weight is 404 g/mol. The van der Waals surface area contributed by atoms with Crippen LogP contribution in [0.4, 0.5) is 10.1 Å². The second-order valence-electron chi connectivity index (χ2n) is 6.40. The van der Waals surface area contributed by atoms with Crippen molar-refractivity contribution in [2.24, 2.45) is 10.7 Å². The Morgan fingerprint density at radius 3 is 2.79 bits per heavy atom. The number of amides is 1. The number of ether oxygens (including phenoxy) is 2. The molecule has 1 atom stereocenters. The van der Waals surface area contributed by atoms with E-state index in [0.717, 1.165) is 5.75 Å². The molecule has 0 saturated carbocycles. The van der Waals surface area contributed by atoms with Crippen LogP contribution in [0.15, 0.2) is 35.5 Å². The van der Waals surface area contributed by atoms with E-state index in [4.69, 9.17) is 15.2 Å². The standard InChI is InChI=1S/C19H21FN4O3S/c1-19(6-7-28-18(21)24-19)13-8-11(4-5-14(13)20)23-17(25)16-15(27-3)9-12(26-2)10-22-16/h4-5,8-10H,6-7H2,1-3H3,(H2,21,24)(H,23,25). The molecule has 3 rings (SSSR count). The largest absolute Gasteiger partial charge is 0.495 e. The molecular weight excluding hydrogens is 383 g/mol. The van der Waals surface area contributed by atoms with Crippen LogP contribution in [0.5, 0.6) is 11.5 Å². The number of carbonyl (C=O) groups is 1. The van der Waals surface area contributed by atoms with Gasteiger partial charge in [0.2, 0.25) is 0 Å². The van der Waals surface area contributed by atoms with E-state index in [1.54, 1.807) is 12.1 Å². The van der Waals surface area contributed by atoms with Gasteiger partial charge in [-0.2, -0.15) is 0 Å². The maximum Gasteiger partial charge on any atom is 0.278 e. The van der Waals surface area contributed by atoms with Gasteiger partial charge in [0.25, 0.3) is 5.91 Å². The van der Waals surface area contributed by atoms with Gasteiger partial charge in [-0.25, -0.2) is 9.37 Å². The van der Waals surface area contributed by atoms with Gasteiger partial charge in [-0.15, -0.1) is 0 Å². The zero-order valence-electron chi connectivity index (χ0n) is 15.8. The molecule has 0 aliphatic carbocycles. The molecule has 0 fully saturated rings. The van der Waals surface area contributed by atoms with Crippen molar-refractivity contribution in [1.82, 2.24) is 4.98 Å². The molecule has 1 aliphatic heterocycles. The van der Waals surface area contributed by atoms with Gasteiger partial charge in [0.1, 0.15) is 11.6 Å². The topological polar surface area (TPSA) is 98.8 Å². The maximum absolute atomic E-state index is 14.5. The first-order chi connectivity index (χ1) is 13.4. The Bertz CT molecular complexity index is 937. The van der Waals surface area contributed by atoms with Crippen LogP contribution in [-0.2, 0) is 5.54 Å². The van der Waals surface area contributed by atoms with E-state index in [1.165, 1.54) is 44.3 Å². The van der Waals surface area contributed by atoms with Crippen LogP contribution in [0.3, 0.4) is 0 Å². The quantitative estimate of drug-likeness (QED) is 0.794. The van der Waals surface area contributed by atoms with Crippen molar-refractivity contribution in [3.8, 4) is 11.5 Å². The minimum absolute atomic E-state index is 0.0942. The number of benzene rings is 1. The predicted molar refractivity (Wildman–Crippen MR) is 108 cm³/mol. The number of aromatic nitrogens is 1. The summed E-state index contributed by atoms with van der Waals surface area (Å²) in [6, 6.07) is 5.94. The molecule has 1 amide bonds. The monoisotopic (exact) mass is 404 g/mol. The molecule has 1 aromatic carbocycles. The Balaban J connectivity index is 1.90. The summed E-state index contributed by atoms with van der Waals surface area (Å²) in [4.78, 5) is 21.2. The lowest BCUT2D eigenvalue weighted by Gasteiger charge is -2.30. The van der Waals surface area contributed by atoms with Gasteiger partial charge in [-0.1, -0.05) is 11.8 Å². The lowest BCUT2D eigenvalue weighted by Crippen LogP contribution is -2.29. The minimum atomic E-state index is -0.782. The highest BCUT2D eigenvalue weighted by molar-refractivity contribution is 8.13. The number of hydrogen-bond donors (Lipinski definition) is 2.